The predicted molar refractivity (Wildman–Crippen MR) is 76.3 cm³/mol. The van der Waals surface area contributed by atoms with Crippen molar-refractivity contribution in [3.05, 3.63) is 24.0 Å². The zero-order valence-electron chi connectivity index (χ0n) is 12.1. The molecule has 114 valence electrons. The van der Waals surface area contributed by atoms with Crippen molar-refractivity contribution in [2.75, 3.05) is 11.8 Å². The third-order valence-corrected chi connectivity index (χ3v) is 3.27. The summed E-state index contributed by atoms with van der Waals surface area (Å²) in [4.78, 5) is 15.8. The molecule has 0 atom stereocenters. The molecule has 0 aliphatic carbocycles. The third-order valence-electron chi connectivity index (χ3n) is 3.27. The molecule has 0 saturated carbocycles. The van der Waals surface area contributed by atoms with Crippen LogP contribution >= 0.6 is 0 Å². The van der Waals surface area contributed by atoms with Crippen molar-refractivity contribution in [2.24, 2.45) is 7.05 Å². The van der Waals surface area contributed by atoms with Gasteiger partial charge >= 0.3 is 5.97 Å². The monoisotopic (exact) mass is 293 g/mol. The number of fused-ring (bicyclic) bond motifs is 1. The second-order valence-electron chi connectivity index (χ2n) is 4.71. The lowest BCUT2D eigenvalue weighted by Gasteiger charge is -2.07. The van der Waals surface area contributed by atoms with Gasteiger partial charge in [0.05, 0.1) is 23.3 Å². The summed E-state index contributed by atoms with van der Waals surface area (Å²) in [6.45, 7) is 2.18. The van der Waals surface area contributed by atoms with E-state index in [1.54, 1.807) is 25.1 Å². The molecule has 2 N–H and O–H groups in total. The van der Waals surface area contributed by atoms with Crippen molar-refractivity contribution < 1.29 is 19.9 Å². The Balaban J connectivity index is 2.10. The molecule has 0 amide bonds. The second-order valence-corrected chi connectivity index (χ2v) is 4.71. The number of anilines is 1. The van der Waals surface area contributed by atoms with Crippen LogP contribution < -0.4 is 5.23 Å². The minimum atomic E-state index is -0.199. The van der Waals surface area contributed by atoms with Crippen molar-refractivity contribution in [3.8, 4) is 0 Å². The number of hydrogen-bond donors (Lipinski definition) is 2. The number of ether oxygens (including phenoxy) is 1. The number of imidazole rings is 1. The quantitative estimate of drug-likeness (QED) is 0.626. The Kier molecular flexibility index (Phi) is 4.77. The predicted octanol–water partition coefficient (Wildman–Crippen LogP) is 2.04. The molecule has 0 spiro atoms. The molecule has 1 aromatic heterocycles. The lowest BCUT2D eigenvalue weighted by atomic mass is 10.2. The van der Waals surface area contributed by atoms with Crippen LogP contribution in [0.3, 0.4) is 0 Å². The van der Waals surface area contributed by atoms with Crippen LogP contribution in [0.5, 0.6) is 0 Å². The molecule has 0 aliphatic rings. The van der Waals surface area contributed by atoms with Crippen molar-refractivity contribution in [2.45, 2.75) is 26.2 Å². The lowest BCUT2D eigenvalue weighted by Crippen LogP contribution is -2.10. The number of nitrogens with zero attached hydrogens (tertiary/aromatic N) is 3. The van der Waals surface area contributed by atoms with E-state index in [1.165, 1.54) is 0 Å². The molecule has 0 unspecified atom stereocenters. The Morgan fingerprint density at radius 3 is 2.86 bits per heavy atom. The molecule has 0 radical (unpaired) electrons. The van der Waals surface area contributed by atoms with Gasteiger partial charge in [0.15, 0.2) is 0 Å². The Labute approximate surface area is 122 Å². The number of benzene rings is 1. The summed E-state index contributed by atoms with van der Waals surface area (Å²) in [5, 5.41) is 18.1. The molecule has 7 heteroatoms. The fraction of sp³-hybridized carbons (Fsp3) is 0.429. The van der Waals surface area contributed by atoms with Crippen LogP contribution in [-0.2, 0) is 23.0 Å². The molecule has 0 bridgehead atoms. The van der Waals surface area contributed by atoms with Gasteiger partial charge in [0, 0.05) is 19.9 Å². The van der Waals surface area contributed by atoms with E-state index < -0.39 is 0 Å². The van der Waals surface area contributed by atoms with Gasteiger partial charge in [-0.15, -0.1) is 5.23 Å². The first-order valence-corrected chi connectivity index (χ1v) is 6.81. The van der Waals surface area contributed by atoms with E-state index in [4.69, 9.17) is 15.2 Å². The summed E-state index contributed by atoms with van der Waals surface area (Å²) in [6, 6.07) is 4.95. The smallest absolute Gasteiger partial charge is 0.305 e. The number of carbonyl (C=O) groups is 1. The van der Waals surface area contributed by atoms with Crippen molar-refractivity contribution in [1.82, 2.24) is 9.55 Å². The number of esters is 1. The molecule has 1 aromatic carbocycles. The molecular weight excluding hydrogens is 274 g/mol. The van der Waals surface area contributed by atoms with Crippen molar-refractivity contribution in [1.29, 1.82) is 0 Å². The molecule has 21 heavy (non-hydrogen) atoms. The van der Waals surface area contributed by atoms with Crippen LogP contribution in [0.1, 0.15) is 25.6 Å². The van der Waals surface area contributed by atoms with E-state index in [9.17, 15) is 4.79 Å². The summed E-state index contributed by atoms with van der Waals surface area (Å²) in [6.07, 6.45) is 1.68. The summed E-state index contributed by atoms with van der Waals surface area (Å²) in [7, 11) is 1.89. The van der Waals surface area contributed by atoms with E-state index in [0.717, 1.165) is 11.3 Å². The first-order valence-electron chi connectivity index (χ1n) is 6.81. The number of carbonyl (C=O) groups excluding carboxylic acids is 1. The lowest BCUT2D eigenvalue weighted by molar-refractivity contribution is -0.143. The molecule has 7 nitrogen and oxygen atoms in total. The van der Waals surface area contributed by atoms with Gasteiger partial charge in [-0.3, -0.25) is 15.2 Å². The maximum absolute atomic E-state index is 11.3. The van der Waals surface area contributed by atoms with Crippen molar-refractivity contribution in [3.63, 3.8) is 0 Å². The van der Waals surface area contributed by atoms with Gasteiger partial charge in [0.25, 0.3) is 0 Å². The summed E-state index contributed by atoms with van der Waals surface area (Å²) >= 11 is 0. The van der Waals surface area contributed by atoms with Crippen LogP contribution in [-0.4, -0.2) is 32.5 Å². The van der Waals surface area contributed by atoms with Gasteiger partial charge in [0.1, 0.15) is 5.82 Å². The fourth-order valence-electron chi connectivity index (χ4n) is 2.21. The first-order chi connectivity index (χ1) is 10.0. The average Bonchev–Trinajstić information content (AvgIpc) is 2.75. The number of aryl methyl sites for hydroxylation is 2. The van der Waals surface area contributed by atoms with E-state index in [2.05, 4.69) is 4.98 Å². The molecule has 1 heterocycles. The summed E-state index contributed by atoms with van der Waals surface area (Å²) < 4.78 is 6.82. The normalized spacial score (nSPS) is 10.9. The third kappa shape index (κ3) is 3.50. The van der Waals surface area contributed by atoms with E-state index in [0.29, 0.717) is 31.4 Å². The highest BCUT2D eigenvalue weighted by molar-refractivity contribution is 5.80. The van der Waals surface area contributed by atoms with Gasteiger partial charge < -0.3 is 9.30 Å². The Hall–Kier alpha value is -2.12. The summed E-state index contributed by atoms with van der Waals surface area (Å²) in [5.74, 6) is 0.642. The molecule has 0 aliphatic heterocycles. The van der Waals surface area contributed by atoms with Crippen LogP contribution in [0.2, 0.25) is 0 Å². The van der Waals surface area contributed by atoms with Crippen LogP contribution in [0.4, 0.5) is 5.69 Å². The van der Waals surface area contributed by atoms with Gasteiger partial charge in [-0.2, -0.15) is 0 Å². The Bertz CT molecular complexity index is 636. The number of aromatic nitrogens is 2. The minimum absolute atomic E-state index is 0.0640. The van der Waals surface area contributed by atoms with Gasteiger partial charge in [-0.1, -0.05) is 0 Å². The van der Waals surface area contributed by atoms with E-state index in [-0.39, 0.29) is 16.9 Å². The minimum Gasteiger partial charge on any atom is -0.466 e. The topological polar surface area (TPSA) is 87.8 Å². The number of rotatable bonds is 6. The van der Waals surface area contributed by atoms with E-state index in [1.807, 2.05) is 11.6 Å². The average molecular weight is 293 g/mol. The van der Waals surface area contributed by atoms with Crippen LogP contribution in [0.15, 0.2) is 18.2 Å². The molecule has 0 saturated heterocycles. The molecule has 2 rings (SSSR count). The SMILES string of the molecule is CCOC(=O)CCCc1nc2cc(N(O)O)ccc2n1C. The van der Waals surface area contributed by atoms with Gasteiger partial charge in [-0.05, 0) is 31.5 Å². The van der Waals surface area contributed by atoms with Crippen LogP contribution in [0.25, 0.3) is 11.0 Å². The Morgan fingerprint density at radius 1 is 1.43 bits per heavy atom. The highest BCUT2D eigenvalue weighted by atomic mass is 16.8. The van der Waals surface area contributed by atoms with Gasteiger partial charge in [-0.25, -0.2) is 4.98 Å². The Morgan fingerprint density at radius 2 is 2.19 bits per heavy atom. The summed E-state index contributed by atoms with van der Waals surface area (Å²) in [5.41, 5.74) is 1.82. The second kappa shape index (κ2) is 6.55. The maximum Gasteiger partial charge on any atom is 0.305 e. The standard InChI is InChI=1S/C14H19N3O4/c1-3-21-14(18)6-4-5-13-15-11-9-10(17(19)20)7-8-12(11)16(13)2/h7-9,19-20H,3-6H2,1-2H3. The van der Waals surface area contributed by atoms with E-state index >= 15 is 0 Å². The molecule has 0 fully saturated rings. The number of hydrogen-bond acceptors (Lipinski definition) is 6. The first kappa shape index (κ1) is 15.3. The zero-order chi connectivity index (χ0) is 15.4. The fourth-order valence-corrected chi connectivity index (χ4v) is 2.21. The van der Waals surface area contributed by atoms with Gasteiger partial charge in [0.2, 0.25) is 0 Å². The van der Waals surface area contributed by atoms with Crippen LogP contribution in [0, 0.1) is 0 Å². The van der Waals surface area contributed by atoms with Crippen molar-refractivity contribution >= 4 is 22.7 Å². The maximum atomic E-state index is 11.3. The largest absolute Gasteiger partial charge is 0.466 e. The zero-order valence-corrected chi connectivity index (χ0v) is 12.1. The molecular formula is C14H19N3O4. The highest BCUT2D eigenvalue weighted by Gasteiger charge is 2.11. The molecule has 2 aromatic rings. The highest BCUT2D eigenvalue weighted by Crippen LogP contribution is 2.21.